The molecule has 0 aliphatic heterocycles. The third kappa shape index (κ3) is 2.24. The highest BCUT2D eigenvalue weighted by Crippen LogP contribution is 2.23. The molecule has 1 aliphatic carbocycles. The molecule has 1 aromatic heterocycles. The van der Waals surface area contributed by atoms with Crippen molar-refractivity contribution in [1.82, 2.24) is 9.97 Å². The van der Waals surface area contributed by atoms with Crippen LogP contribution in [0.1, 0.15) is 11.1 Å². The molecule has 0 saturated carbocycles. The van der Waals surface area contributed by atoms with Crippen LogP contribution in [0.5, 0.6) is 0 Å². The van der Waals surface area contributed by atoms with Crippen LogP contribution in [0.15, 0.2) is 36.7 Å². The van der Waals surface area contributed by atoms with Gasteiger partial charge in [0, 0.05) is 6.04 Å². The fraction of sp³-hybridized carbons (Fsp3) is 0.231. The van der Waals surface area contributed by atoms with Gasteiger partial charge in [0.2, 0.25) is 5.95 Å². The second kappa shape index (κ2) is 4.34. The van der Waals surface area contributed by atoms with Gasteiger partial charge in [0.1, 0.15) is 0 Å². The van der Waals surface area contributed by atoms with E-state index in [0.29, 0.717) is 17.0 Å². The molecular formula is C13H12ClN3. The predicted octanol–water partition coefficient (Wildman–Crippen LogP) is 2.71. The lowest BCUT2D eigenvalue weighted by Gasteiger charge is -2.11. The van der Waals surface area contributed by atoms with Gasteiger partial charge >= 0.3 is 0 Å². The van der Waals surface area contributed by atoms with Crippen LogP contribution in [0.2, 0.25) is 5.02 Å². The molecule has 3 rings (SSSR count). The summed E-state index contributed by atoms with van der Waals surface area (Å²) in [7, 11) is 0. The average Bonchev–Trinajstić information content (AvgIpc) is 2.74. The van der Waals surface area contributed by atoms with Crippen molar-refractivity contribution < 1.29 is 0 Å². The smallest absolute Gasteiger partial charge is 0.222 e. The molecule has 17 heavy (non-hydrogen) atoms. The number of hydrogen-bond acceptors (Lipinski definition) is 3. The zero-order chi connectivity index (χ0) is 11.7. The Kier molecular flexibility index (Phi) is 2.69. The number of aromatic nitrogens is 2. The van der Waals surface area contributed by atoms with Crippen LogP contribution in [-0.4, -0.2) is 16.0 Å². The minimum Gasteiger partial charge on any atom is -0.351 e. The summed E-state index contributed by atoms with van der Waals surface area (Å²) in [5.74, 6) is 0.646. The maximum absolute atomic E-state index is 5.75. The highest BCUT2D eigenvalue weighted by molar-refractivity contribution is 6.30. The number of halogens is 1. The molecule has 0 saturated heterocycles. The van der Waals surface area contributed by atoms with Gasteiger partial charge in [-0.15, -0.1) is 0 Å². The third-order valence-electron chi connectivity index (χ3n) is 3.00. The standard InChI is InChI=1S/C13H12ClN3/c14-11-7-15-13(16-8-11)17-12-5-9-3-1-2-4-10(9)6-12/h1-4,7-8,12H,5-6H2,(H,15,16,17). The first-order chi connectivity index (χ1) is 8.31. The Bertz CT molecular complexity index is 499. The van der Waals surface area contributed by atoms with Crippen LogP contribution in [0.3, 0.4) is 0 Å². The Morgan fingerprint density at radius 2 is 1.65 bits per heavy atom. The Morgan fingerprint density at radius 1 is 1.06 bits per heavy atom. The van der Waals surface area contributed by atoms with E-state index in [1.165, 1.54) is 11.1 Å². The van der Waals surface area contributed by atoms with E-state index in [4.69, 9.17) is 11.6 Å². The number of fused-ring (bicyclic) bond motifs is 1. The lowest BCUT2D eigenvalue weighted by atomic mass is 10.1. The number of benzene rings is 1. The molecular weight excluding hydrogens is 234 g/mol. The van der Waals surface area contributed by atoms with Crippen molar-refractivity contribution in [3.8, 4) is 0 Å². The molecule has 0 unspecified atom stereocenters. The maximum atomic E-state index is 5.75. The molecule has 0 bridgehead atoms. The van der Waals surface area contributed by atoms with Gasteiger partial charge in [0.15, 0.2) is 0 Å². The zero-order valence-corrected chi connectivity index (χ0v) is 9.98. The highest BCUT2D eigenvalue weighted by Gasteiger charge is 2.21. The van der Waals surface area contributed by atoms with Gasteiger partial charge in [0.25, 0.3) is 0 Å². The summed E-state index contributed by atoms with van der Waals surface area (Å²) < 4.78 is 0. The van der Waals surface area contributed by atoms with Gasteiger partial charge in [-0.3, -0.25) is 0 Å². The van der Waals surface area contributed by atoms with E-state index in [-0.39, 0.29) is 0 Å². The molecule has 0 fully saturated rings. The molecule has 1 heterocycles. The van der Waals surface area contributed by atoms with Crippen molar-refractivity contribution in [3.63, 3.8) is 0 Å². The fourth-order valence-electron chi connectivity index (χ4n) is 2.23. The third-order valence-corrected chi connectivity index (χ3v) is 3.20. The SMILES string of the molecule is Clc1cnc(NC2Cc3ccccc3C2)nc1. The van der Waals surface area contributed by atoms with Crippen LogP contribution in [0.25, 0.3) is 0 Å². The summed E-state index contributed by atoms with van der Waals surface area (Å²) in [5, 5.41) is 3.89. The molecule has 0 radical (unpaired) electrons. The van der Waals surface area contributed by atoms with Crippen molar-refractivity contribution >= 4 is 17.5 Å². The topological polar surface area (TPSA) is 37.8 Å². The Labute approximate surface area is 105 Å². The van der Waals surface area contributed by atoms with Gasteiger partial charge in [-0.2, -0.15) is 0 Å². The normalized spacial score (nSPS) is 14.6. The minimum atomic E-state index is 0.383. The molecule has 0 spiro atoms. The quantitative estimate of drug-likeness (QED) is 0.884. The second-order valence-electron chi connectivity index (χ2n) is 4.24. The molecule has 1 N–H and O–H groups in total. The first-order valence-corrected chi connectivity index (χ1v) is 6.00. The van der Waals surface area contributed by atoms with E-state index in [1.54, 1.807) is 12.4 Å². The van der Waals surface area contributed by atoms with E-state index in [0.717, 1.165) is 12.8 Å². The molecule has 86 valence electrons. The number of nitrogens with zero attached hydrogens (tertiary/aromatic N) is 2. The Hall–Kier alpha value is -1.61. The summed E-state index contributed by atoms with van der Waals surface area (Å²) in [5.41, 5.74) is 2.83. The van der Waals surface area contributed by atoms with E-state index in [1.807, 2.05) is 0 Å². The van der Waals surface area contributed by atoms with Gasteiger partial charge in [-0.1, -0.05) is 35.9 Å². The minimum absolute atomic E-state index is 0.383. The fourth-order valence-corrected chi connectivity index (χ4v) is 2.33. The van der Waals surface area contributed by atoms with E-state index in [9.17, 15) is 0 Å². The molecule has 0 amide bonds. The first-order valence-electron chi connectivity index (χ1n) is 5.62. The van der Waals surface area contributed by atoms with Crippen LogP contribution in [0.4, 0.5) is 5.95 Å². The monoisotopic (exact) mass is 245 g/mol. The summed E-state index contributed by atoms with van der Waals surface area (Å²) >= 11 is 5.75. The first kappa shape index (κ1) is 10.5. The van der Waals surface area contributed by atoms with Gasteiger partial charge < -0.3 is 5.32 Å². The lowest BCUT2D eigenvalue weighted by molar-refractivity contribution is 0.761. The molecule has 2 aromatic rings. The zero-order valence-electron chi connectivity index (χ0n) is 9.23. The van der Waals surface area contributed by atoms with Crippen LogP contribution >= 0.6 is 11.6 Å². The molecule has 1 aromatic carbocycles. The summed E-state index contributed by atoms with van der Waals surface area (Å²) in [6.07, 6.45) is 5.28. The molecule has 4 heteroatoms. The van der Waals surface area contributed by atoms with E-state index < -0.39 is 0 Å². The number of rotatable bonds is 2. The van der Waals surface area contributed by atoms with Crippen molar-refractivity contribution in [2.45, 2.75) is 18.9 Å². The summed E-state index contributed by atoms with van der Waals surface area (Å²) in [6, 6.07) is 8.91. The Morgan fingerprint density at radius 3 is 2.24 bits per heavy atom. The maximum Gasteiger partial charge on any atom is 0.222 e. The largest absolute Gasteiger partial charge is 0.351 e. The highest BCUT2D eigenvalue weighted by atomic mass is 35.5. The average molecular weight is 246 g/mol. The van der Waals surface area contributed by atoms with Gasteiger partial charge in [-0.25, -0.2) is 9.97 Å². The van der Waals surface area contributed by atoms with E-state index >= 15 is 0 Å². The molecule has 3 nitrogen and oxygen atoms in total. The van der Waals surface area contributed by atoms with Crippen molar-refractivity contribution in [3.05, 3.63) is 52.8 Å². The van der Waals surface area contributed by atoms with Crippen LogP contribution < -0.4 is 5.32 Å². The van der Waals surface area contributed by atoms with Crippen molar-refractivity contribution in [2.75, 3.05) is 5.32 Å². The predicted molar refractivity (Wildman–Crippen MR) is 68.3 cm³/mol. The van der Waals surface area contributed by atoms with Crippen LogP contribution in [-0.2, 0) is 12.8 Å². The van der Waals surface area contributed by atoms with E-state index in [2.05, 4.69) is 39.6 Å². The number of nitrogens with one attached hydrogen (secondary N) is 1. The second-order valence-corrected chi connectivity index (χ2v) is 4.68. The summed E-state index contributed by atoms with van der Waals surface area (Å²) in [6.45, 7) is 0. The van der Waals surface area contributed by atoms with Gasteiger partial charge in [0.05, 0.1) is 17.4 Å². The van der Waals surface area contributed by atoms with Crippen molar-refractivity contribution in [1.29, 1.82) is 0 Å². The number of hydrogen-bond donors (Lipinski definition) is 1. The molecule has 0 atom stereocenters. The van der Waals surface area contributed by atoms with Crippen LogP contribution in [0, 0.1) is 0 Å². The lowest BCUT2D eigenvalue weighted by Crippen LogP contribution is -2.20. The molecule has 1 aliphatic rings. The number of anilines is 1. The van der Waals surface area contributed by atoms with Gasteiger partial charge in [-0.05, 0) is 24.0 Å². The Balaban J connectivity index is 1.71. The van der Waals surface area contributed by atoms with Crippen molar-refractivity contribution in [2.24, 2.45) is 0 Å². The summed E-state index contributed by atoms with van der Waals surface area (Å²) in [4.78, 5) is 8.30.